The van der Waals surface area contributed by atoms with Crippen molar-refractivity contribution >= 4 is 11.6 Å². The van der Waals surface area contributed by atoms with Crippen molar-refractivity contribution in [1.82, 2.24) is 5.32 Å². The second kappa shape index (κ2) is 5.98. The van der Waals surface area contributed by atoms with E-state index in [1.165, 1.54) is 0 Å². The van der Waals surface area contributed by atoms with Gasteiger partial charge in [0.25, 0.3) is 0 Å². The number of benzene rings is 1. The van der Waals surface area contributed by atoms with Crippen LogP contribution >= 0.6 is 0 Å². The molecule has 1 fully saturated rings. The van der Waals surface area contributed by atoms with E-state index < -0.39 is 0 Å². The molecule has 4 nitrogen and oxygen atoms in total. The summed E-state index contributed by atoms with van der Waals surface area (Å²) < 4.78 is 5.35. The Bertz CT molecular complexity index is 414. The van der Waals surface area contributed by atoms with E-state index in [1.807, 2.05) is 43.0 Å². The molecule has 2 rings (SSSR count). The van der Waals surface area contributed by atoms with Crippen LogP contribution in [0.1, 0.15) is 12.5 Å². The quantitative estimate of drug-likeness (QED) is 0.877. The summed E-state index contributed by atoms with van der Waals surface area (Å²) in [5.41, 5.74) is 2.10. The number of hydrogen-bond acceptors (Lipinski definition) is 3. The zero-order valence-electron chi connectivity index (χ0n) is 11.0. The van der Waals surface area contributed by atoms with Crippen molar-refractivity contribution < 1.29 is 9.53 Å². The largest absolute Gasteiger partial charge is 0.378 e. The van der Waals surface area contributed by atoms with Gasteiger partial charge < -0.3 is 15.0 Å². The van der Waals surface area contributed by atoms with E-state index >= 15 is 0 Å². The second-order valence-electron chi connectivity index (χ2n) is 4.45. The molecule has 0 bridgehead atoms. The highest BCUT2D eigenvalue weighted by atomic mass is 16.5. The minimum atomic E-state index is -0.224. The average Bonchev–Trinajstić information content (AvgIpc) is 2.42. The molecule has 0 aliphatic carbocycles. The number of para-hydroxylation sites is 1. The number of rotatable bonds is 3. The van der Waals surface area contributed by atoms with Crippen LogP contribution in [0.3, 0.4) is 0 Å². The lowest BCUT2D eigenvalue weighted by Gasteiger charge is -2.30. The first-order valence-corrected chi connectivity index (χ1v) is 6.42. The van der Waals surface area contributed by atoms with Crippen LogP contribution in [0.2, 0.25) is 0 Å². The number of hydrogen-bond donors (Lipinski definition) is 1. The third-order valence-corrected chi connectivity index (χ3v) is 3.21. The van der Waals surface area contributed by atoms with Crippen LogP contribution in [-0.4, -0.2) is 38.3 Å². The Balaban J connectivity index is 2.17. The topological polar surface area (TPSA) is 41.6 Å². The minimum absolute atomic E-state index is 0.0894. The lowest BCUT2D eigenvalue weighted by molar-refractivity contribution is -0.123. The minimum Gasteiger partial charge on any atom is -0.378 e. The number of likely N-dealkylation sites (N-methyl/N-ethyl adjacent to an activating group) is 1. The highest BCUT2D eigenvalue weighted by molar-refractivity contribution is 5.97. The summed E-state index contributed by atoms with van der Waals surface area (Å²) in [5, 5.41) is 3.21. The van der Waals surface area contributed by atoms with Crippen molar-refractivity contribution in [3.63, 3.8) is 0 Å². The molecule has 1 aromatic carbocycles. The SMILES string of the molecule is CCN(C(=O)C1COCCN1)c1ccccc1C. The number of anilines is 1. The van der Waals surface area contributed by atoms with Crippen LogP contribution in [-0.2, 0) is 9.53 Å². The Morgan fingerprint density at radius 1 is 1.50 bits per heavy atom. The van der Waals surface area contributed by atoms with E-state index in [0.29, 0.717) is 19.8 Å². The van der Waals surface area contributed by atoms with Gasteiger partial charge in [-0.1, -0.05) is 18.2 Å². The molecule has 0 saturated carbocycles. The van der Waals surface area contributed by atoms with Gasteiger partial charge in [-0.15, -0.1) is 0 Å². The number of nitrogens with one attached hydrogen (secondary N) is 1. The highest BCUT2D eigenvalue weighted by Crippen LogP contribution is 2.20. The molecule has 1 atom stereocenters. The molecular formula is C14H20N2O2. The van der Waals surface area contributed by atoms with Crippen molar-refractivity contribution in [2.24, 2.45) is 0 Å². The van der Waals surface area contributed by atoms with Gasteiger partial charge in [0, 0.05) is 18.8 Å². The Kier molecular flexibility index (Phi) is 4.33. The molecular weight excluding hydrogens is 228 g/mol. The molecule has 0 aromatic heterocycles. The van der Waals surface area contributed by atoms with Gasteiger partial charge in [-0.05, 0) is 25.5 Å². The van der Waals surface area contributed by atoms with Crippen molar-refractivity contribution in [3.8, 4) is 0 Å². The Morgan fingerprint density at radius 3 is 2.89 bits per heavy atom. The van der Waals surface area contributed by atoms with Gasteiger partial charge >= 0.3 is 0 Å². The summed E-state index contributed by atoms with van der Waals surface area (Å²) in [6.07, 6.45) is 0. The van der Waals surface area contributed by atoms with Gasteiger partial charge in [0.15, 0.2) is 0 Å². The van der Waals surface area contributed by atoms with E-state index in [-0.39, 0.29) is 11.9 Å². The van der Waals surface area contributed by atoms with Crippen LogP contribution in [0, 0.1) is 6.92 Å². The summed E-state index contributed by atoms with van der Waals surface area (Å²) in [6, 6.07) is 7.73. The van der Waals surface area contributed by atoms with E-state index in [9.17, 15) is 4.79 Å². The van der Waals surface area contributed by atoms with E-state index in [0.717, 1.165) is 17.8 Å². The van der Waals surface area contributed by atoms with Gasteiger partial charge in [-0.3, -0.25) is 4.79 Å². The fourth-order valence-electron chi connectivity index (χ4n) is 2.22. The fraction of sp³-hybridized carbons (Fsp3) is 0.500. The molecule has 1 aliphatic heterocycles. The summed E-state index contributed by atoms with van der Waals surface area (Å²) in [5.74, 6) is 0.0894. The monoisotopic (exact) mass is 248 g/mol. The van der Waals surface area contributed by atoms with E-state index in [4.69, 9.17) is 4.74 Å². The maximum atomic E-state index is 12.5. The smallest absolute Gasteiger partial charge is 0.246 e. The standard InChI is InChI=1S/C14H20N2O2/c1-3-16(13-7-5-4-6-11(13)2)14(17)12-10-18-9-8-15-12/h4-7,12,15H,3,8-10H2,1-2H3. The number of ether oxygens (including phenoxy) is 1. The molecule has 1 aliphatic rings. The molecule has 1 aromatic rings. The van der Waals surface area contributed by atoms with Gasteiger partial charge in [0.1, 0.15) is 6.04 Å². The average molecular weight is 248 g/mol. The van der Waals surface area contributed by atoms with Crippen molar-refractivity contribution in [2.45, 2.75) is 19.9 Å². The molecule has 1 unspecified atom stereocenters. The van der Waals surface area contributed by atoms with Crippen molar-refractivity contribution in [2.75, 3.05) is 31.2 Å². The first kappa shape index (κ1) is 13.1. The van der Waals surface area contributed by atoms with E-state index in [1.54, 1.807) is 0 Å². The third kappa shape index (κ3) is 2.71. The Labute approximate surface area is 108 Å². The van der Waals surface area contributed by atoms with Crippen molar-refractivity contribution in [1.29, 1.82) is 0 Å². The van der Waals surface area contributed by atoms with Crippen molar-refractivity contribution in [3.05, 3.63) is 29.8 Å². The molecule has 1 N–H and O–H groups in total. The second-order valence-corrected chi connectivity index (χ2v) is 4.45. The van der Waals surface area contributed by atoms with Gasteiger partial charge in [0.05, 0.1) is 13.2 Å². The molecule has 1 amide bonds. The molecule has 1 heterocycles. The Morgan fingerprint density at radius 2 is 2.28 bits per heavy atom. The van der Waals surface area contributed by atoms with Gasteiger partial charge in [-0.25, -0.2) is 0 Å². The van der Waals surface area contributed by atoms with Crippen LogP contribution in [0.4, 0.5) is 5.69 Å². The molecule has 18 heavy (non-hydrogen) atoms. The summed E-state index contributed by atoms with van der Waals surface area (Å²) >= 11 is 0. The number of aryl methyl sites for hydroxylation is 1. The van der Waals surface area contributed by atoms with Gasteiger partial charge in [0.2, 0.25) is 5.91 Å². The molecule has 4 heteroatoms. The van der Waals surface area contributed by atoms with Gasteiger partial charge in [-0.2, -0.15) is 0 Å². The normalized spacial score (nSPS) is 19.6. The van der Waals surface area contributed by atoms with Crippen LogP contribution in [0.15, 0.2) is 24.3 Å². The predicted molar refractivity (Wildman–Crippen MR) is 71.8 cm³/mol. The predicted octanol–water partition coefficient (Wildman–Crippen LogP) is 1.34. The maximum absolute atomic E-state index is 12.5. The lowest BCUT2D eigenvalue weighted by atomic mass is 10.1. The third-order valence-electron chi connectivity index (χ3n) is 3.21. The number of nitrogens with zero attached hydrogens (tertiary/aromatic N) is 1. The summed E-state index contributed by atoms with van der Waals surface area (Å²) in [7, 11) is 0. The summed E-state index contributed by atoms with van der Waals surface area (Å²) in [4.78, 5) is 14.3. The van der Waals surface area contributed by atoms with Crippen LogP contribution in [0.25, 0.3) is 0 Å². The van der Waals surface area contributed by atoms with Crippen LogP contribution in [0.5, 0.6) is 0 Å². The van der Waals surface area contributed by atoms with Crippen LogP contribution < -0.4 is 10.2 Å². The zero-order valence-corrected chi connectivity index (χ0v) is 11.0. The number of morpholine rings is 1. The first-order chi connectivity index (χ1) is 8.74. The molecule has 98 valence electrons. The number of carbonyl (C=O) groups is 1. The summed E-state index contributed by atoms with van der Waals surface area (Å²) in [6.45, 7) is 6.56. The molecule has 0 radical (unpaired) electrons. The Hall–Kier alpha value is -1.39. The first-order valence-electron chi connectivity index (χ1n) is 6.42. The highest BCUT2D eigenvalue weighted by Gasteiger charge is 2.26. The van der Waals surface area contributed by atoms with E-state index in [2.05, 4.69) is 5.32 Å². The lowest BCUT2D eigenvalue weighted by Crippen LogP contribution is -2.52. The fourth-order valence-corrected chi connectivity index (χ4v) is 2.22. The number of amides is 1. The zero-order chi connectivity index (χ0) is 13.0. The molecule has 1 saturated heterocycles. The number of carbonyl (C=O) groups excluding carboxylic acids is 1. The maximum Gasteiger partial charge on any atom is 0.246 e. The molecule has 0 spiro atoms.